The molecule has 0 aliphatic carbocycles. The van der Waals surface area contributed by atoms with Crippen molar-refractivity contribution in [2.24, 2.45) is 0 Å². The van der Waals surface area contributed by atoms with E-state index in [0.29, 0.717) is 18.7 Å². The third-order valence-electron chi connectivity index (χ3n) is 2.67. The topological polar surface area (TPSA) is 88.1 Å². The molecule has 0 radical (unpaired) electrons. The van der Waals surface area contributed by atoms with Gasteiger partial charge < -0.3 is 9.84 Å². The quantitative estimate of drug-likeness (QED) is 0.821. The molecule has 0 saturated carbocycles. The predicted molar refractivity (Wildman–Crippen MR) is 68.1 cm³/mol. The van der Waals surface area contributed by atoms with Crippen molar-refractivity contribution in [3.05, 3.63) is 41.5 Å². The van der Waals surface area contributed by atoms with Gasteiger partial charge in [-0.15, -0.1) is 0 Å². The third-order valence-corrected chi connectivity index (χ3v) is 2.67. The summed E-state index contributed by atoms with van der Waals surface area (Å²) in [5, 5.41) is 15.4. The maximum Gasteiger partial charge on any atom is 0.303 e. The van der Waals surface area contributed by atoms with Gasteiger partial charge in [0.25, 0.3) is 0 Å². The standard InChI is InChI=1S/C13H15N3O3/c1-19-10-4-2-9(3-5-10)8-12-14-11(15-16-12)6-7-13(17)18/h2-5H,6-8H2,1H3,(H,17,18)(H,14,15,16). The Bertz CT molecular complexity index is 549. The molecule has 100 valence electrons. The number of benzene rings is 1. The van der Waals surface area contributed by atoms with E-state index in [0.717, 1.165) is 17.1 Å². The van der Waals surface area contributed by atoms with Crippen molar-refractivity contribution in [1.29, 1.82) is 0 Å². The molecule has 19 heavy (non-hydrogen) atoms. The Labute approximate surface area is 110 Å². The number of aryl methyl sites for hydroxylation is 1. The predicted octanol–water partition coefficient (Wildman–Crippen LogP) is 1.42. The maximum atomic E-state index is 10.5. The summed E-state index contributed by atoms with van der Waals surface area (Å²) in [5.74, 6) is 1.22. The molecule has 1 heterocycles. The van der Waals surface area contributed by atoms with Crippen molar-refractivity contribution in [2.45, 2.75) is 19.3 Å². The van der Waals surface area contributed by atoms with Crippen molar-refractivity contribution < 1.29 is 14.6 Å². The fraction of sp³-hybridized carbons (Fsp3) is 0.308. The Morgan fingerprint density at radius 2 is 2.11 bits per heavy atom. The first-order valence-electron chi connectivity index (χ1n) is 5.92. The lowest BCUT2D eigenvalue weighted by Gasteiger charge is -2.01. The molecule has 0 bridgehead atoms. The van der Waals surface area contributed by atoms with E-state index in [1.807, 2.05) is 24.3 Å². The van der Waals surface area contributed by atoms with Crippen LogP contribution in [0.2, 0.25) is 0 Å². The lowest BCUT2D eigenvalue weighted by Crippen LogP contribution is -1.99. The van der Waals surface area contributed by atoms with E-state index >= 15 is 0 Å². The molecule has 0 aliphatic heterocycles. The molecule has 1 aromatic heterocycles. The van der Waals surface area contributed by atoms with Crippen LogP contribution in [-0.4, -0.2) is 33.4 Å². The first-order valence-corrected chi connectivity index (χ1v) is 5.92. The highest BCUT2D eigenvalue weighted by Crippen LogP contribution is 2.13. The van der Waals surface area contributed by atoms with E-state index in [1.165, 1.54) is 0 Å². The Morgan fingerprint density at radius 3 is 2.74 bits per heavy atom. The van der Waals surface area contributed by atoms with Crippen LogP contribution >= 0.6 is 0 Å². The minimum atomic E-state index is -0.846. The second-order valence-electron chi connectivity index (χ2n) is 4.12. The molecular formula is C13H15N3O3. The summed E-state index contributed by atoms with van der Waals surface area (Å²) in [6.45, 7) is 0. The van der Waals surface area contributed by atoms with Crippen LogP contribution in [0.3, 0.4) is 0 Å². The number of methoxy groups -OCH3 is 1. The van der Waals surface area contributed by atoms with Crippen LogP contribution in [0.5, 0.6) is 5.75 Å². The zero-order valence-corrected chi connectivity index (χ0v) is 10.6. The summed E-state index contributed by atoms with van der Waals surface area (Å²) in [7, 11) is 1.63. The van der Waals surface area contributed by atoms with Gasteiger partial charge in [-0.3, -0.25) is 9.89 Å². The molecule has 6 nitrogen and oxygen atoms in total. The van der Waals surface area contributed by atoms with Crippen LogP contribution < -0.4 is 4.74 Å². The Balaban J connectivity index is 1.96. The van der Waals surface area contributed by atoms with Crippen LogP contribution in [0.4, 0.5) is 0 Å². The van der Waals surface area contributed by atoms with Crippen molar-refractivity contribution >= 4 is 5.97 Å². The molecule has 2 N–H and O–H groups in total. The molecule has 0 fully saturated rings. The molecule has 0 aliphatic rings. The number of hydrogen-bond acceptors (Lipinski definition) is 4. The van der Waals surface area contributed by atoms with Crippen LogP contribution in [0.15, 0.2) is 24.3 Å². The fourth-order valence-corrected chi connectivity index (χ4v) is 1.68. The van der Waals surface area contributed by atoms with Crippen LogP contribution in [-0.2, 0) is 17.6 Å². The Hall–Kier alpha value is -2.37. The maximum absolute atomic E-state index is 10.5. The van der Waals surface area contributed by atoms with Crippen LogP contribution in [0.25, 0.3) is 0 Å². The van der Waals surface area contributed by atoms with E-state index in [-0.39, 0.29) is 6.42 Å². The monoisotopic (exact) mass is 261 g/mol. The van der Waals surface area contributed by atoms with Gasteiger partial charge in [0.2, 0.25) is 0 Å². The number of rotatable bonds is 6. The molecule has 1 aromatic carbocycles. The van der Waals surface area contributed by atoms with Gasteiger partial charge >= 0.3 is 5.97 Å². The number of aliphatic carboxylic acids is 1. The SMILES string of the molecule is COc1ccc(Cc2nc(CCC(=O)O)n[nH]2)cc1. The smallest absolute Gasteiger partial charge is 0.303 e. The number of nitrogens with zero attached hydrogens (tertiary/aromatic N) is 2. The van der Waals surface area contributed by atoms with Gasteiger partial charge in [0.05, 0.1) is 13.5 Å². The number of carbonyl (C=O) groups is 1. The van der Waals surface area contributed by atoms with Gasteiger partial charge in [-0.25, -0.2) is 4.98 Å². The molecule has 0 unspecified atom stereocenters. The molecule has 2 rings (SSSR count). The van der Waals surface area contributed by atoms with E-state index in [9.17, 15) is 4.79 Å². The minimum Gasteiger partial charge on any atom is -0.497 e. The average molecular weight is 261 g/mol. The normalized spacial score (nSPS) is 10.4. The Morgan fingerprint density at radius 1 is 1.37 bits per heavy atom. The number of H-pyrrole nitrogens is 1. The van der Waals surface area contributed by atoms with Crippen molar-refractivity contribution in [3.8, 4) is 5.75 Å². The summed E-state index contributed by atoms with van der Waals surface area (Å²) >= 11 is 0. The van der Waals surface area contributed by atoms with Gasteiger partial charge in [-0.1, -0.05) is 12.1 Å². The molecule has 6 heteroatoms. The number of hydrogen-bond donors (Lipinski definition) is 2. The zero-order valence-electron chi connectivity index (χ0n) is 10.6. The van der Waals surface area contributed by atoms with E-state index in [1.54, 1.807) is 7.11 Å². The van der Waals surface area contributed by atoms with Crippen molar-refractivity contribution in [1.82, 2.24) is 15.2 Å². The van der Waals surface area contributed by atoms with Gasteiger partial charge in [-0.05, 0) is 17.7 Å². The molecule has 0 amide bonds. The van der Waals surface area contributed by atoms with Crippen molar-refractivity contribution in [2.75, 3.05) is 7.11 Å². The second-order valence-corrected chi connectivity index (χ2v) is 4.12. The summed E-state index contributed by atoms with van der Waals surface area (Å²) in [5.41, 5.74) is 1.08. The largest absolute Gasteiger partial charge is 0.497 e. The number of aromatic nitrogens is 3. The Kier molecular flexibility index (Phi) is 4.12. The summed E-state index contributed by atoms with van der Waals surface area (Å²) in [4.78, 5) is 14.7. The van der Waals surface area contributed by atoms with Crippen molar-refractivity contribution in [3.63, 3.8) is 0 Å². The second kappa shape index (κ2) is 5.99. The van der Waals surface area contributed by atoms with Crippen LogP contribution in [0, 0.1) is 0 Å². The zero-order chi connectivity index (χ0) is 13.7. The number of ether oxygens (including phenoxy) is 1. The molecule has 0 atom stereocenters. The van der Waals surface area contributed by atoms with E-state index < -0.39 is 5.97 Å². The highest BCUT2D eigenvalue weighted by atomic mass is 16.5. The fourth-order valence-electron chi connectivity index (χ4n) is 1.68. The summed E-state index contributed by atoms with van der Waals surface area (Å²) in [6, 6.07) is 7.69. The average Bonchev–Trinajstić information content (AvgIpc) is 2.85. The lowest BCUT2D eigenvalue weighted by atomic mass is 10.1. The summed E-state index contributed by atoms with van der Waals surface area (Å²) < 4.78 is 5.09. The number of carboxylic acid groups (broad SMARTS) is 1. The van der Waals surface area contributed by atoms with E-state index in [4.69, 9.17) is 9.84 Å². The molecule has 2 aromatic rings. The lowest BCUT2D eigenvalue weighted by molar-refractivity contribution is -0.137. The number of nitrogens with one attached hydrogen (secondary N) is 1. The third kappa shape index (κ3) is 3.80. The number of carboxylic acids is 1. The van der Waals surface area contributed by atoms with Crippen LogP contribution in [0.1, 0.15) is 23.6 Å². The highest BCUT2D eigenvalue weighted by molar-refractivity contribution is 5.66. The first kappa shape index (κ1) is 13.1. The highest BCUT2D eigenvalue weighted by Gasteiger charge is 2.06. The first-order chi connectivity index (χ1) is 9.17. The van der Waals surface area contributed by atoms with E-state index in [2.05, 4.69) is 15.2 Å². The molecule has 0 spiro atoms. The van der Waals surface area contributed by atoms with Gasteiger partial charge in [0.15, 0.2) is 5.82 Å². The van der Waals surface area contributed by atoms with Gasteiger partial charge in [0, 0.05) is 12.8 Å². The molecular weight excluding hydrogens is 246 g/mol. The van der Waals surface area contributed by atoms with Gasteiger partial charge in [-0.2, -0.15) is 5.10 Å². The van der Waals surface area contributed by atoms with Gasteiger partial charge in [0.1, 0.15) is 11.6 Å². The summed E-state index contributed by atoms with van der Waals surface area (Å²) in [6.07, 6.45) is 1.01. The molecule has 0 saturated heterocycles. The number of aromatic amines is 1. The minimum absolute atomic E-state index is 0.0415.